The van der Waals surface area contributed by atoms with Gasteiger partial charge in [-0.25, -0.2) is 4.99 Å². The Morgan fingerprint density at radius 2 is 1.29 bits per heavy atom. The molecule has 1 atom stereocenters. The van der Waals surface area contributed by atoms with E-state index in [4.69, 9.17) is 9.98 Å². The quantitative estimate of drug-likeness (QED) is 0.122. The van der Waals surface area contributed by atoms with E-state index in [0.29, 0.717) is 84.0 Å². The van der Waals surface area contributed by atoms with Crippen LogP contribution >= 0.6 is 0 Å². The van der Waals surface area contributed by atoms with Crippen molar-refractivity contribution in [3.05, 3.63) is 90.6 Å². The summed E-state index contributed by atoms with van der Waals surface area (Å²) in [6.07, 6.45) is 21.2. The summed E-state index contributed by atoms with van der Waals surface area (Å²) in [6, 6.07) is -0.147. The van der Waals surface area contributed by atoms with Gasteiger partial charge < -0.3 is 29.4 Å². The van der Waals surface area contributed by atoms with Crippen LogP contribution in [0.3, 0.4) is 0 Å². The van der Waals surface area contributed by atoms with Gasteiger partial charge in [-0.1, -0.05) is 24.3 Å². The van der Waals surface area contributed by atoms with Crippen LogP contribution in [-0.2, 0) is 25.6 Å². The average molecular weight is 787 g/mol. The number of aldehydes is 2. The number of amides is 2. The van der Waals surface area contributed by atoms with Crippen LogP contribution in [0.2, 0.25) is 0 Å². The summed E-state index contributed by atoms with van der Waals surface area (Å²) >= 11 is 0. The second-order valence-electron chi connectivity index (χ2n) is 15.3. The third kappa shape index (κ3) is 9.83. The zero-order valence-electron chi connectivity index (χ0n) is 35.9. The zero-order chi connectivity index (χ0) is 41.9. The van der Waals surface area contributed by atoms with E-state index in [1.165, 1.54) is 0 Å². The van der Waals surface area contributed by atoms with E-state index >= 15 is 0 Å². The Morgan fingerprint density at radius 1 is 0.707 bits per heavy atom. The van der Waals surface area contributed by atoms with Gasteiger partial charge in [0.15, 0.2) is 0 Å². The SMILES string of the molecule is CCN(CC)C(=O)CCC1=C(C)C2=NC1=CC1=NC(Cc3[nH]c(c(/C=C/CCC=O)c3C)/C=c3\[nH]/c(c(/C=C/CCC=O)c3C)=C\2)C(C)=C1CCC(=O)N(CC)CC. The number of unbranched alkanes of at least 4 members (excludes halogenated alkanes) is 2. The molecule has 0 aliphatic carbocycles. The normalized spacial score (nSPS) is 17.6. The van der Waals surface area contributed by atoms with E-state index in [2.05, 4.69) is 74.1 Å². The van der Waals surface area contributed by atoms with Crippen LogP contribution in [-0.4, -0.2) is 87.8 Å². The minimum Gasteiger partial charge on any atom is -0.358 e. The van der Waals surface area contributed by atoms with Crippen LogP contribution in [0.25, 0.3) is 24.3 Å². The molecule has 10 nitrogen and oxygen atoms in total. The van der Waals surface area contributed by atoms with Crippen molar-refractivity contribution >= 4 is 60.1 Å². The maximum Gasteiger partial charge on any atom is 0.222 e. The number of hydrogen-bond acceptors (Lipinski definition) is 6. The molecule has 2 aromatic rings. The molecule has 2 N–H and O–H groups in total. The highest BCUT2D eigenvalue weighted by atomic mass is 16.2. The monoisotopic (exact) mass is 786 g/mol. The van der Waals surface area contributed by atoms with E-state index in [0.717, 1.165) is 96.3 Å². The van der Waals surface area contributed by atoms with Crippen molar-refractivity contribution in [2.24, 2.45) is 9.98 Å². The zero-order valence-corrected chi connectivity index (χ0v) is 35.9. The third-order valence-electron chi connectivity index (χ3n) is 11.9. The molecule has 2 amide bonds. The van der Waals surface area contributed by atoms with Crippen molar-refractivity contribution in [3.63, 3.8) is 0 Å². The fourth-order valence-electron chi connectivity index (χ4n) is 8.21. The highest BCUT2D eigenvalue weighted by Crippen LogP contribution is 2.35. The van der Waals surface area contributed by atoms with Gasteiger partial charge in [0.2, 0.25) is 11.8 Å². The minimum atomic E-state index is -0.147. The van der Waals surface area contributed by atoms with E-state index in [1.807, 2.05) is 43.6 Å². The molecule has 0 saturated heterocycles. The largest absolute Gasteiger partial charge is 0.358 e. The van der Waals surface area contributed by atoms with Gasteiger partial charge in [-0.05, 0) is 133 Å². The van der Waals surface area contributed by atoms with Crippen LogP contribution in [0.5, 0.6) is 0 Å². The molecule has 58 heavy (non-hydrogen) atoms. The lowest BCUT2D eigenvalue weighted by Crippen LogP contribution is -2.30. The molecule has 0 radical (unpaired) electrons. The minimum absolute atomic E-state index is 0.117. The van der Waals surface area contributed by atoms with Crippen molar-refractivity contribution in [1.29, 1.82) is 0 Å². The standard InChI is InChI=1S/C48H62N6O4/c1-9-53(10-2)47(57)23-21-37-33(7)40-27-39-31(5)35(19-15-13-17-25-55)43(49-39)28-41-32(6)36(20-16-14-18-26-56)44(51-41)29-42-34(8)38(46(52-42)30-45(37)50-40)22-24-48(58)54(11-3)12-4/h15-16,19-20,25-26,28-30,40,49,51H,9-14,17-18,21-24,27H2,1-8H3/b19-15+,20-16+,41-28-,44-29-,46-30?. The highest BCUT2D eigenvalue weighted by molar-refractivity contribution is 6.24. The number of fused-ring (bicyclic) bond motifs is 6. The summed E-state index contributed by atoms with van der Waals surface area (Å²) in [4.78, 5) is 70.8. The number of carbonyl (C=O) groups is 4. The molecule has 0 saturated carbocycles. The second kappa shape index (κ2) is 20.4. The predicted octanol–water partition coefficient (Wildman–Crippen LogP) is 7.20. The Morgan fingerprint density at radius 3 is 1.88 bits per heavy atom. The van der Waals surface area contributed by atoms with E-state index in [-0.39, 0.29) is 17.9 Å². The summed E-state index contributed by atoms with van der Waals surface area (Å²) in [7, 11) is 0. The summed E-state index contributed by atoms with van der Waals surface area (Å²) in [6.45, 7) is 19.2. The number of allylic oxidation sites excluding steroid dienone is 6. The topological polar surface area (TPSA) is 131 Å². The van der Waals surface area contributed by atoms with Gasteiger partial charge in [-0.15, -0.1) is 0 Å². The lowest BCUT2D eigenvalue weighted by atomic mass is 9.94. The molecule has 5 rings (SSSR count). The molecule has 8 bridgehead atoms. The van der Waals surface area contributed by atoms with Crippen LogP contribution < -0.4 is 10.7 Å². The number of nitrogens with one attached hydrogen (secondary N) is 2. The van der Waals surface area contributed by atoms with E-state index in [1.54, 1.807) is 0 Å². The van der Waals surface area contributed by atoms with Crippen molar-refractivity contribution in [3.8, 4) is 0 Å². The van der Waals surface area contributed by atoms with Gasteiger partial charge in [-0.3, -0.25) is 14.6 Å². The number of rotatable bonds is 18. The highest BCUT2D eigenvalue weighted by Gasteiger charge is 2.29. The van der Waals surface area contributed by atoms with Crippen molar-refractivity contribution in [2.45, 2.75) is 119 Å². The Hall–Kier alpha value is -5.38. The van der Waals surface area contributed by atoms with E-state index in [9.17, 15) is 19.2 Å². The van der Waals surface area contributed by atoms with Gasteiger partial charge >= 0.3 is 0 Å². The first-order valence-electron chi connectivity index (χ1n) is 21.2. The van der Waals surface area contributed by atoms with Gasteiger partial charge in [0, 0.05) is 91.5 Å². The van der Waals surface area contributed by atoms with Crippen molar-refractivity contribution < 1.29 is 19.2 Å². The third-order valence-corrected chi connectivity index (χ3v) is 11.9. The molecule has 3 aliphatic heterocycles. The number of carbonyl (C=O) groups excluding carboxylic acids is 4. The van der Waals surface area contributed by atoms with E-state index < -0.39 is 0 Å². The van der Waals surface area contributed by atoms with Crippen LogP contribution in [0.4, 0.5) is 0 Å². The Kier molecular flexibility index (Phi) is 15.3. The molecule has 5 heterocycles. The summed E-state index contributed by atoms with van der Waals surface area (Å²) in [5, 5.41) is 1.84. The van der Waals surface area contributed by atoms with Gasteiger partial charge in [-0.2, -0.15) is 0 Å². The summed E-state index contributed by atoms with van der Waals surface area (Å²) in [5.74, 6) is 0.246. The molecule has 0 spiro atoms. The summed E-state index contributed by atoms with van der Waals surface area (Å²) < 4.78 is 0. The molecule has 10 heteroatoms. The Bertz CT molecular complexity index is 2240. The van der Waals surface area contributed by atoms with Crippen molar-refractivity contribution in [2.75, 3.05) is 26.2 Å². The van der Waals surface area contributed by atoms with Crippen LogP contribution in [0.15, 0.2) is 56.2 Å². The Balaban J connectivity index is 1.75. The summed E-state index contributed by atoms with van der Waals surface area (Å²) in [5.41, 5.74) is 13.0. The first-order valence-corrected chi connectivity index (χ1v) is 21.2. The predicted molar refractivity (Wildman–Crippen MR) is 237 cm³/mol. The number of hydrogen-bond donors (Lipinski definition) is 2. The molecule has 0 fully saturated rings. The molecule has 3 aliphatic rings. The molecule has 0 aromatic carbocycles. The average Bonchev–Trinajstić information content (AvgIpc) is 3.87. The number of aliphatic imine (C=N–C) groups is 2. The molecule has 1 unspecified atom stereocenters. The number of H-pyrrole nitrogens is 2. The maximum absolute atomic E-state index is 13.3. The second-order valence-corrected chi connectivity index (χ2v) is 15.3. The number of aromatic nitrogens is 2. The molecular formula is C48H62N6O4. The fraction of sp³-hybridized carbons (Fsp3) is 0.458. The van der Waals surface area contributed by atoms with Gasteiger partial charge in [0.25, 0.3) is 0 Å². The number of aromatic amines is 2. The van der Waals surface area contributed by atoms with Crippen LogP contribution in [0, 0.1) is 13.8 Å². The van der Waals surface area contributed by atoms with Gasteiger partial charge in [0.1, 0.15) is 12.6 Å². The molecular weight excluding hydrogens is 725 g/mol. The Labute approximate surface area is 344 Å². The van der Waals surface area contributed by atoms with Crippen molar-refractivity contribution in [1.82, 2.24) is 19.8 Å². The lowest BCUT2D eigenvalue weighted by molar-refractivity contribution is -0.131. The first-order chi connectivity index (χ1) is 28.0. The number of nitrogens with zero attached hydrogens (tertiary/aromatic N) is 4. The van der Waals surface area contributed by atoms with Gasteiger partial charge in [0.05, 0.1) is 23.2 Å². The molecule has 308 valence electrons. The fourth-order valence-corrected chi connectivity index (χ4v) is 8.21. The maximum atomic E-state index is 13.3. The smallest absolute Gasteiger partial charge is 0.222 e. The first kappa shape index (κ1) is 43.7. The van der Waals surface area contributed by atoms with Crippen LogP contribution in [0.1, 0.15) is 127 Å². The molecule has 2 aromatic heterocycles. The lowest BCUT2D eigenvalue weighted by Gasteiger charge is -2.19.